The number of aromatic nitrogens is 1. The van der Waals surface area contributed by atoms with Crippen LogP contribution in [0.4, 0.5) is 0 Å². The van der Waals surface area contributed by atoms with Crippen molar-refractivity contribution in [2.75, 3.05) is 20.8 Å². The van der Waals surface area contributed by atoms with Crippen LogP contribution in [0, 0.1) is 0 Å². The predicted molar refractivity (Wildman–Crippen MR) is 71.4 cm³/mol. The summed E-state index contributed by atoms with van der Waals surface area (Å²) in [5, 5.41) is 1.19. The highest BCUT2D eigenvalue weighted by molar-refractivity contribution is 5.88. The molecule has 18 heavy (non-hydrogen) atoms. The van der Waals surface area contributed by atoms with Gasteiger partial charge in [0.2, 0.25) is 0 Å². The summed E-state index contributed by atoms with van der Waals surface area (Å²) in [7, 11) is 3.31. The SMILES string of the molecule is COc1cc2[nH]cc(C3(CN)CC3)c2cc1OC. The standard InChI is InChI=1S/C14H18N2O2/c1-17-12-5-9-10(14(8-15)3-4-14)7-16-11(9)6-13(12)18-2/h5-7,16H,3-4,8,15H2,1-2H3. The van der Waals surface area contributed by atoms with Gasteiger partial charge in [-0.1, -0.05) is 0 Å². The lowest BCUT2D eigenvalue weighted by Gasteiger charge is -2.12. The highest BCUT2D eigenvalue weighted by Crippen LogP contribution is 2.50. The zero-order valence-corrected chi connectivity index (χ0v) is 10.7. The van der Waals surface area contributed by atoms with Gasteiger partial charge in [0.15, 0.2) is 11.5 Å². The maximum atomic E-state index is 5.91. The van der Waals surface area contributed by atoms with Gasteiger partial charge in [0.25, 0.3) is 0 Å². The molecule has 0 atom stereocenters. The van der Waals surface area contributed by atoms with Crippen molar-refractivity contribution in [3.63, 3.8) is 0 Å². The first-order chi connectivity index (χ1) is 8.74. The average molecular weight is 246 g/mol. The molecule has 1 fully saturated rings. The fourth-order valence-electron chi connectivity index (χ4n) is 2.62. The molecule has 3 rings (SSSR count). The molecule has 1 heterocycles. The molecule has 0 radical (unpaired) electrons. The van der Waals surface area contributed by atoms with E-state index < -0.39 is 0 Å². The number of hydrogen-bond acceptors (Lipinski definition) is 3. The molecule has 1 saturated carbocycles. The van der Waals surface area contributed by atoms with E-state index in [0.29, 0.717) is 6.54 Å². The third-order valence-electron chi connectivity index (χ3n) is 4.00. The number of H-pyrrole nitrogens is 1. The van der Waals surface area contributed by atoms with Gasteiger partial charge in [0.1, 0.15) is 0 Å². The number of benzene rings is 1. The van der Waals surface area contributed by atoms with Crippen LogP contribution in [0.25, 0.3) is 10.9 Å². The van der Waals surface area contributed by atoms with Crippen molar-refractivity contribution in [1.82, 2.24) is 4.98 Å². The molecule has 96 valence electrons. The predicted octanol–water partition coefficient (Wildman–Crippen LogP) is 2.18. The van der Waals surface area contributed by atoms with Gasteiger partial charge < -0.3 is 20.2 Å². The first kappa shape index (κ1) is 11.4. The number of nitrogens with two attached hydrogens (primary N) is 1. The van der Waals surface area contributed by atoms with Crippen molar-refractivity contribution in [2.45, 2.75) is 18.3 Å². The average Bonchev–Trinajstić information content (AvgIpc) is 3.10. The van der Waals surface area contributed by atoms with Crippen LogP contribution in [0.15, 0.2) is 18.3 Å². The van der Waals surface area contributed by atoms with Crippen LogP contribution >= 0.6 is 0 Å². The molecule has 0 saturated heterocycles. The summed E-state index contributed by atoms with van der Waals surface area (Å²) in [6.45, 7) is 0.703. The number of ether oxygens (including phenoxy) is 2. The second kappa shape index (κ2) is 3.92. The number of rotatable bonds is 4. The molecule has 0 unspecified atom stereocenters. The van der Waals surface area contributed by atoms with Gasteiger partial charge in [-0.05, 0) is 24.5 Å². The van der Waals surface area contributed by atoms with Crippen LogP contribution in [0.3, 0.4) is 0 Å². The van der Waals surface area contributed by atoms with Gasteiger partial charge in [0.05, 0.1) is 14.2 Å². The molecular formula is C14H18N2O2. The van der Waals surface area contributed by atoms with Crippen LogP contribution in [-0.2, 0) is 5.41 Å². The normalized spacial score (nSPS) is 16.8. The van der Waals surface area contributed by atoms with Gasteiger partial charge in [-0.3, -0.25) is 0 Å². The molecule has 1 aliphatic rings. The van der Waals surface area contributed by atoms with Gasteiger partial charge in [-0.15, -0.1) is 0 Å². The van der Waals surface area contributed by atoms with E-state index in [1.807, 2.05) is 12.1 Å². The second-order valence-corrected chi connectivity index (χ2v) is 4.94. The van der Waals surface area contributed by atoms with Crippen molar-refractivity contribution in [2.24, 2.45) is 5.73 Å². The molecule has 1 aromatic carbocycles. The Balaban J connectivity index is 2.19. The van der Waals surface area contributed by atoms with Crippen LogP contribution < -0.4 is 15.2 Å². The Morgan fingerprint density at radius 2 is 1.89 bits per heavy atom. The van der Waals surface area contributed by atoms with E-state index in [1.165, 1.54) is 23.8 Å². The van der Waals surface area contributed by atoms with E-state index in [2.05, 4.69) is 11.2 Å². The Bertz CT molecular complexity index is 585. The molecule has 0 aliphatic heterocycles. The number of aromatic amines is 1. The quantitative estimate of drug-likeness (QED) is 0.869. The third kappa shape index (κ3) is 1.49. The van der Waals surface area contributed by atoms with Crippen LogP contribution in [0.2, 0.25) is 0 Å². The smallest absolute Gasteiger partial charge is 0.162 e. The summed E-state index contributed by atoms with van der Waals surface area (Å²) in [5.41, 5.74) is 8.46. The Kier molecular flexibility index (Phi) is 2.48. The van der Waals surface area contributed by atoms with Crippen molar-refractivity contribution in [3.8, 4) is 11.5 Å². The van der Waals surface area contributed by atoms with E-state index in [9.17, 15) is 0 Å². The van der Waals surface area contributed by atoms with Gasteiger partial charge >= 0.3 is 0 Å². The lowest BCUT2D eigenvalue weighted by molar-refractivity contribution is 0.356. The molecule has 1 aliphatic carbocycles. The molecule has 4 heteroatoms. The lowest BCUT2D eigenvalue weighted by atomic mass is 9.95. The molecule has 0 amide bonds. The van der Waals surface area contributed by atoms with Crippen LogP contribution in [0.5, 0.6) is 11.5 Å². The van der Waals surface area contributed by atoms with E-state index in [0.717, 1.165) is 17.0 Å². The Morgan fingerprint density at radius 3 is 2.44 bits per heavy atom. The molecule has 0 spiro atoms. The molecular weight excluding hydrogens is 228 g/mol. The lowest BCUT2D eigenvalue weighted by Crippen LogP contribution is -2.19. The Labute approximate surface area is 106 Å². The fraction of sp³-hybridized carbons (Fsp3) is 0.429. The van der Waals surface area contributed by atoms with Gasteiger partial charge in [0, 0.05) is 35.1 Å². The zero-order valence-electron chi connectivity index (χ0n) is 10.7. The minimum atomic E-state index is 0.178. The summed E-state index contributed by atoms with van der Waals surface area (Å²) < 4.78 is 10.7. The highest BCUT2D eigenvalue weighted by atomic mass is 16.5. The summed E-state index contributed by atoms with van der Waals surface area (Å²) in [6, 6.07) is 4.01. The van der Waals surface area contributed by atoms with Crippen molar-refractivity contribution >= 4 is 10.9 Å². The maximum absolute atomic E-state index is 5.91. The summed E-state index contributed by atoms with van der Waals surface area (Å²) in [4.78, 5) is 3.30. The number of nitrogens with one attached hydrogen (secondary N) is 1. The monoisotopic (exact) mass is 246 g/mol. The summed E-state index contributed by atoms with van der Waals surface area (Å²) in [6.07, 6.45) is 4.42. The maximum Gasteiger partial charge on any atom is 0.162 e. The van der Waals surface area contributed by atoms with E-state index in [-0.39, 0.29) is 5.41 Å². The molecule has 2 aromatic rings. The van der Waals surface area contributed by atoms with E-state index in [4.69, 9.17) is 15.2 Å². The summed E-state index contributed by atoms with van der Waals surface area (Å²) >= 11 is 0. The van der Waals surface area contributed by atoms with E-state index >= 15 is 0 Å². The van der Waals surface area contributed by atoms with Crippen LogP contribution in [-0.4, -0.2) is 25.7 Å². The summed E-state index contributed by atoms with van der Waals surface area (Å²) in [5.74, 6) is 1.51. The second-order valence-electron chi connectivity index (χ2n) is 4.94. The number of fused-ring (bicyclic) bond motifs is 1. The molecule has 4 nitrogen and oxygen atoms in total. The topological polar surface area (TPSA) is 60.3 Å². The van der Waals surface area contributed by atoms with Crippen molar-refractivity contribution in [1.29, 1.82) is 0 Å². The minimum Gasteiger partial charge on any atom is -0.493 e. The zero-order chi connectivity index (χ0) is 12.8. The minimum absolute atomic E-state index is 0.178. The third-order valence-corrected chi connectivity index (χ3v) is 4.00. The Hall–Kier alpha value is -1.68. The number of methoxy groups -OCH3 is 2. The first-order valence-electron chi connectivity index (χ1n) is 6.18. The Morgan fingerprint density at radius 1 is 1.22 bits per heavy atom. The largest absolute Gasteiger partial charge is 0.493 e. The highest BCUT2D eigenvalue weighted by Gasteiger charge is 2.44. The molecule has 3 N–H and O–H groups in total. The van der Waals surface area contributed by atoms with Crippen molar-refractivity contribution < 1.29 is 9.47 Å². The first-order valence-corrected chi connectivity index (χ1v) is 6.18. The molecule has 0 bridgehead atoms. The van der Waals surface area contributed by atoms with Gasteiger partial charge in [-0.25, -0.2) is 0 Å². The van der Waals surface area contributed by atoms with Gasteiger partial charge in [-0.2, -0.15) is 0 Å². The van der Waals surface area contributed by atoms with E-state index in [1.54, 1.807) is 14.2 Å². The number of hydrogen-bond donors (Lipinski definition) is 2. The van der Waals surface area contributed by atoms with Crippen molar-refractivity contribution in [3.05, 3.63) is 23.9 Å². The van der Waals surface area contributed by atoms with Crippen LogP contribution in [0.1, 0.15) is 18.4 Å². The molecule has 1 aromatic heterocycles. The fourth-order valence-corrected chi connectivity index (χ4v) is 2.62.